The minimum absolute atomic E-state index is 0.171. The van der Waals surface area contributed by atoms with Crippen LogP contribution in [0.15, 0.2) is 24.3 Å². The summed E-state index contributed by atoms with van der Waals surface area (Å²) in [5.41, 5.74) is 7.05. The number of rotatable bonds is 3. The van der Waals surface area contributed by atoms with Crippen LogP contribution in [0.2, 0.25) is 0 Å². The molecule has 2 fully saturated rings. The van der Waals surface area contributed by atoms with Crippen molar-refractivity contribution in [3.8, 4) is 5.75 Å². The van der Waals surface area contributed by atoms with Gasteiger partial charge in [-0.1, -0.05) is 12.1 Å². The zero-order valence-corrected chi connectivity index (χ0v) is 11.6. The molecule has 1 aromatic rings. The molecule has 1 aromatic carbocycles. The molecule has 2 heterocycles. The van der Waals surface area contributed by atoms with Crippen molar-refractivity contribution in [3.63, 3.8) is 0 Å². The van der Waals surface area contributed by atoms with Gasteiger partial charge in [0.25, 0.3) is 0 Å². The molecule has 0 aliphatic carbocycles. The van der Waals surface area contributed by atoms with Crippen LogP contribution in [0.25, 0.3) is 0 Å². The molecular weight excluding hydrogens is 281 g/mol. The number of nitrogens with zero attached hydrogens (tertiary/aromatic N) is 1. The number of fused-ring (bicyclic) bond motifs is 2. The fourth-order valence-electron chi connectivity index (χ4n) is 3.58. The lowest BCUT2D eigenvalue weighted by Gasteiger charge is -2.37. The van der Waals surface area contributed by atoms with Crippen molar-refractivity contribution in [2.45, 2.75) is 56.7 Å². The van der Waals surface area contributed by atoms with Gasteiger partial charge in [0.05, 0.1) is 0 Å². The Morgan fingerprint density at radius 1 is 1.10 bits per heavy atom. The SMILES string of the molecule is NC1CC2CCC(C1)N2Cc1ccc(OC(F)(F)F)cc1. The predicted octanol–water partition coefficient (Wildman–Crippen LogP) is 3.04. The quantitative estimate of drug-likeness (QED) is 0.932. The van der Waals surface area contributed by atoms with Crippen LogP contribution in [0, 0.1) is 0 Å². The fourth-order valence-corrected chi connectivity index (χ4v) is 3.58. The summed E-state index contributed by atoms with van der Waals surface area (Å²) in [6, 6.07) is 7.49. The highest BCUT2D eigenvalue weighted by molar-refractivity contribution is 5.27. The van der Waals surface area contributed by atoms with Gasteiger partial charge in [-0.2, -0.15) is 0 Å². The summed E-state index contributed by atoms with van der Waals surface area (Å²) < 4.78 is 40.2. The Morgan fingerprint density at radius 3 is 2.19 bits per heavy atom. The number of alkyl halides is 3. The molecule has 2 atom stereocenters. The highest BCUT2D eigenvalue weighted by atomic mass is 19.4. The topological polar surface area (TPSA) is 38.5 Å². The Labute approximate surface area is 121 Å². The summed E-state index contributed by atoms with van der Waals surface area (Å²) in [6.07, 6.45) is -0.248. The first kappa shape index (κ1) is 14.7. The second-order valence-corrected chi connectivity index (χ2v) is 5.98. The monoisotopic (exact) mass is 300 g/mol. The van der Waals surface area contributed by atoms with Gasteiger partial charge in [-0.3, -0.25) is 4.90 Å². The molecule has 21 heavy (non-hydrogen) atoms. The Morgan fingerprint density at radius 2 is 1.67 bits per heavy atom. The molecule has 2 aliphatic heterocycles. The lowest BCUT2D eigenvalue weighted by atomic mass is 9.97. The normalized spacial score (nSPS) is 29.6. The standard InChI is InChI=1S/C15H19F3N2O/c16-15(17,18)21-14-5-1-10(2-6-14)9-20-12-3-4-13(20)8-11(19)7-12/h1-2,5-6,11-13H,3-4,7-9,19H2. The Balaban J connectivity index is 1.63. The third-order valence-electron chi connectivity index (χ3n) is 4.44. The molecule has 0 saturated carbocycles. The average molecular weight is 300 g/mol. The largest absolute Gasteiger partial charge is 0.573 e. The zero-order chi connectivity index (χ0) is 15.0. The lowest BCUT2D eigenvalue weighted by Crippen LogP contribution is -2.46. The molecule has 0 aromatic heterocycles. The maximum absolute atomic E-state index is 12.1. The Hall–Kier alpha value is -1.27. The van der Waals surface area contributed by atoms with E-state index < -0.39 is 6.36 Å². The number of benzene rings is 1. The van der Waals surface area contributed by atoms with Crippen molar-refractivity contribution in [3.05, 3.63) is 29.8 Å². The molecule has 2 aliphatic rings. The third kappa shape index (κ3) is 3.49. The van der Waals surface area contributed by atoms with Crippen molar-refractivity contribution in [1.29, 1.82) is 0 Å². The smallest absolute Gasteiger partial charge is 0.406 e. The van der Waals surface area contributed by atoms with Crippen molar-refractivity contribution in [1.82, 2.24) is 4.90 Å². The number of hydrogen-bond acceptors (Lipinski definition) is 3. The van der Waals surface area contributed by atoms with Crippen molar-refractivity contribution in [2.24, 2.45) is 5.73 Å². The molecule has 116 valence electrons. The molecule has 0 amide bonds. The molecule has 6 heteroatoms. The molecule has 2 unspecified atom stereocenters. The van der Waals surface area contributed by atoms with Gasteiger partial charge >= 0.3 is 6.36 Å². The van der Waals surface area contributed by atoms with Crippen LogP contribution < -0.4 is 10.5 Å². The van der Waals surface area contributed by atoms with Gasteiger partial charge in [-0.15, -0.1) is 13.2 Å². The summed E-state index contributed by atoms with van der Waals surface area (Å²) >= 11 is 0. The van der Waals surface area contributed by atoms with E-state index in [1.807, 2.05) is 0 Å². The van der Waals surface area contributed by atoms with Crippen LogP contribution in [0.5, 0.6) is 5.75 Å². The van der Waals surface area contributed by atoms with Gasteiger partial charge in [-0.25, -0.2) is 0 Å². The summed E-state index contributed by atoms with van der Waals surface area (Å²) in [6.45, 7) is 0.772. The lowest BCUT2D eigenvalue weighted by molar-refractivity contribution is -0.274. The molecule has 2 saturated heterocycles. The molecular formula is C15H19F3N2O. The van der Waals surface area contributed by atoms with Crippen LogP contribution >= 0.6 is 0 Å². The Kier molecular flexibility index (Phi) is 3.84. The van der Waals surface area contributed by atoms with Crippen molar-refractivity contribution >= 4 is 0 Å². The number of nitrogens with two attached hydrogens (primary N) is 1. The predicted molar refractivity (Wildman–Crippen MR) is 72.7 cm³/mol. The Bertz CT molecular complexity index is 475. The molecule has 2 bridgehead atoms. The minimum atomic E-state index is -4.64. The van der Waals surface area contributed by atoms with Gasteiger partial charge in [0, 0.05) is 24.7 Å². The van der Waals surface area contributed by atoms with E-state index >= 15 is 0 Å². The second-order valence-electron chi connectivity index (χ2n) is 5.98. The minimum Gasteiger partial charge on any atom is -0.406 e. The number of ether oxygens (including phenoxy) is 1. The first-order chi connectivity index (χ1) is 9.90. The zero-order valence-electron chi connectivity index (χ0n) is 11.6. The van der Waals surface area contributed by atoms with E-state index in [0.29, 0.717) is 18.1 Å². The van der Waals surface area contributed by atoms with Crippen LogP contribution in [-0.2, 0) is 6.54 Å². The van der Waals surface area contributed by atoms with Crippen molar-refractivity contribution in [2.75, 3.05) is 0 Å². The summed E-state index contributed by atoms with van der Waals surface area (Å²) in [7, 11) is 0. The van der Waals surface area contributed by atoms with E-state index in [4.69, 9.17) is 5.73 Å². The van der Waals surface area contributed by atoms with E-state index in [-0.39, 0.29) is 5.75 Å². The van der Waals surface area contributed by atoms with E-state index in [2.05, 4.69) is 9.64 Å². The van der Waals surface area contributed by atoms with E-state index in [1.165, 1.54) is 25.0 Å². The molecule has 0 radical (unpaired) electrons. The number of hydrogen-bond donors (Lipinski definition) is 1. The van der Waals surface area contributed by atoms with E-state index in [1.54, 1.807) is 12.1 Å². The average Bonchev–Trinajstić information content (AvgIpc) is 2.63. The number of halogens is 3. The van der Waals surface area contributed by atoms with Gasteiger partial charge in [0.1, 0.15) is 5.75 Å². The molecule has 2 N–H and O–H groups in total. The summed E-state index contributed by atoms with van der Waals surface area (Å²) in [5, 5.41) is 0. The highest BCUT2D eigenvalue weighted by Gasteiger charge is 2.39. The van der Waals surface area contributed by atoms with Crippen LogP contribution in [0.3, 0.4) is 0 Å². The first-order valence-corrected chi connectivity index (χ1v) is 7.27. The highest BCUT2D eigenvalue weighted by Crippen LogP contribution is 2.36. The fraction of sp³-hybridized carbons (Fsp3) is 0.600. The van der Waals surface area contributed by atoms with Gasteiger partial charge in [0.15, 0.2) is 0 Å². The van der Waals surface area contributed by atoms with Gasteiger partial charge in [-0.05, 0) is 43.4 Å². The first-order valence-electron chi connectivity index (χ1n) is 7.27. The number of piperidine rings is 1. The van der Waals surface area contributed by atoms with Gasteiger partial charge in [0.2, 0.25) is 0 Å². The van der Waals surface area contributed by atoms with E-state index in [0.717, 1.165) is 24.9 Å². The second kappa shape index (κ2) is 5.50. The van der Waals surface area contributed by atoms with Crippen LogP contribution in [-0.4, -0.2) is 29.4 Å². The molecule has 0 spiro atoms. The summed E-state index contributed by atoms with van der Waals surface area (Å²) in [5.74, 6) is -0.171. The maximum Gasteiger partial charge on any atom is 0.573 e. The van der Waals surface area contributed by atoms with Crippen LogP contribution in [0.1, 0.15) is 31.2 Å². The van der Waals surface area contributed by atoms with Crippen molar-refractivity contribution < 1.29 is 17.9 Å². The molecule has 3 rings (SSSR count). The van der Waals surface area contributed by atoms with Gasteiger partial charge < -0.3 is 10.5 Å². The maximum atomic E-state index is 12.1. The molecule has 3 nitrogen and oxygen atoms in total. The summed E-state index contributed by atoms with van der Waals surface area (Å²) in [4.78, 5) is 2.45. The van der Waals surface area contributed by atoms with E-state index in [9.17, 15) is 13.2 Å². The third-order valence-corrected chi connectivity index (χ3v) is 4.44. The van der Waals surface area contributed by atoms with Crippen LogP contribution in [0.4, 0.5) is 13.2 Å².